The van der Waals surface area contributed by atoms with Crippen LogP contribution in [-0.2, 0) is 16.1 Å². The Morgan fingerprint density at radius 3 is 3.16 bits per heavy atom. The third-order valence-corrected chi connectivity index (χ3v) is 2.30. The smallest absolute Gasteiger partial charge is 0.307 e. The molecule has 0 spiro atoms. The minimum absolute atomic E-state index is 0.225. The highest BCUT2D eigenvalue weighted by Crippen LogP contribution is 2.15. The quantitative estimate of drug-likeness (QED) is 0.597. The van der Waals surface area contributed by atoms with Gasteiger partial charge in [0.15, 0.2) is 5.76 Å². The van der Waals surface area contributed by atoms with Gasteiger partial charge in [0.2, 0.25) is 11.7 Å². The molecule has 0 aliphatic rings. The van der Waals surface area contributed by atoms with E-state index in [2.05, 4.69) is 15.5 Å². The molecule has 0 saturated heterocycles. The lowest BCUT2D eigenvalue weighted by molar-refractivity contribution is -0.142. The molecule has 19 heavy (non-hydrogen) atoms. The van der Waals surface area contributed by atoms with Crippen molar-refractivity contribution in [2.45, 2.75) is 19.9 Å². The van der Waals surface area contributed by atoms with Gasteiger partial charge < -0.3 is 19.0 Å². The van der Waals surface area contributed by atoms with Crippen LogP contribution in [0.25, 0.3) is 11.6 Å². The van der Waals surface area contributed by atoms with Crippen LogP contribution in [0.4, 0.5) is 0 Å². The van der Waals surface area contributed by atoms with Crippen LogP contribution in [0.3, 0.4) is 0 Å². The summed E-state index contributed by atoms with van der Waals surface area (Å²) in [5, 5.41) is 6.81. The number of hydrogen-bond acceptors (Lipinski definition) is 7. The molecular formula is C12H15N3O4. The number of nitrogens with one attached hydrogen (secondary N) is 1. The van der Waals surface area contributed by atoms with Crippen molar-refractivity contribution in [1.29, 1.82) is 0 Å². The first-order chi connectivity index (χ1) is 9.29. The standard InChI is InChI=1S/C12H15N3O4/c1-2-17-11(16)5-6-13-8-10-14-12(15-19-10)9-4-3-7-18-9/h3-4,7,13H,2,5-6,8H2,1H3. The fraction of sp³-hybridized carbons (Fsp3) is 0.417. The van der Waals surface area contributed by atoms with Gasteiger partial charge in [-0.15, -0.1) is 0 Å². The van der Waals surface area contributed by atoms with Crippen molar-refractivity contribution < 1.29 is 18.5 Å². The number of esters is 1. The zero-order valence-electron chi connectivity index (χ0n) is 10.6. The Kier molecular flexibility index (Phi) is 4.68. The van der Waals surface area contributed by atoms with Crippen LogP contribution in [0.5, 0.6) is 0 Å². The topological polar surface area (TPSA) is 90.4 Å². The maximum absolute atomic E-state index is 11.1. The number of carbonyl (C=O) groups is 1. The third kappa shape index (κ3) is 3.92. The molecule has 0 saturated carbocycles. The minimum atomic E-state index is -0.225. The number of aromatic nitrogens is 2. The Bertz CT molecular complexity index is 507. The van der Waals surface area contributed by atoms with Crippen molar-refractivity contribution in [2.24, 2.45) is 0 Å². The highest BCUT2D eigenvalue weighted by molar-refractivity contribution is 5.69. The summed E-state index contributed by atoms with van der Waals surface area (Å²) in [5.74, 6) is 1.18. The van der Waals surface area contributed by atoms with Crippen LogP contribution in [0.1, 0.15) is 19.2 Å². The van der Waals surface area contributed by atoms with Gasteiger partial charge in [-0.1, -0.05) is 5.16 Å². The van der Waals surface area contributed by atoms with E-state index in [9.17, 15) is 4.79 Å². The van der Waals surface area contributed by atoms with Crippen LogP contribution in [0, 0.1) is 0 Å². The lowest BCUT2D eigenvalue weighted by Gasteiger charge is -2.01. The van der Waals surface area contributed by atoms with Crippen LogP contribution >= 0.6 is 0 Å². The molecule has 2 heterocycles. The Balaban J connectivity index is 1.74. The van der Waals surface area contributed by atoms with Crippen LogP contribution < -0.4 is 5.32 Å². The summed E-state index contributed by atoms with van der Waals surface area (Å²) in [4.78, 5) is 15.2. The zero-order valence-corrected chi connectivity index (χ0v) is 10.6. The van der Waals surface area contributed by atoms with Gasteiger partial charge >= 0.3 is 5.97 Å². The van der Waals surface area contributed by atoms with E-state index in [1.165, 1.54) is 0 Å². The van der Waals surface area contributed by atoms with Crippen LogP contribution in [-0.4, -0.2) is 29.3 Å². The van der Waals surface area contributed by atoms with E-state index in [0.29, 0.717) is 43.6 Å². The van der Waals surface area contributed by atoms with Crippen molar-refractivity contribution in [3.8, 4) is 11.6 Å². The fourth-order valence-corrected chi connectivity index (χ4v) is 1.45. The van der Waals surface area contributed by atoms with Gasteiger partial charge in [0.25, 0.3) is 0 Å². The molecule has 0 radical (unpaired) electrons. The van der Waals surface area contributed by atoms with Crippen molar-refractivity contribution in [3.05, 3.63) is 24.3 Å². The van der Waals surface area contributed by atoms with E-state index < -0.39 is 0 Å². The van der Waals surface area contributed by atoms with Gasteiger partial charge in [-0.05, 0) is 19.1 Å². The molecule has 0 aliphatic carbocycles. The first kappa shape index (κ1) is 13.3. The summed E-state index contributed by atoms with van der Waals surface area (Å²) >= 11 is 0. The number of rotatable bonds is 7. The van der Waals surface area contributed by atoms with Gasteiger partial charge in [-0.25, -0.2) is 0 Å². The molecule has 2 rings (SSSR count). The van der Waals surface area contributed by atoms with Gasteiger partial charge in [0, 0.05) is 6.54 Å². The number of carbonyl (C=O) groups excluding carboxylic acids is 1. The van der Waals surface area contributed by atoms with Crippen molar-refractivity contribution in [1.82, 2.24) is 15.5 Å². The highest BCUT2D eigenvalue weighted by atomic mass is 16.5. The molecular weight excluding hydrogens is 250 g/mol. The van der Waals surface area contributed by atoms with Gasteiger partial charge in [-0.3, -0.25) is 4.79 Å². The molecule has 7 nitrogen and oxygen atoms in total. The van der Waals surface area contributed by atoms with E-state index >= 15 is 0 Å². The second kappa shape index (κ2) is 6.69. The van der Waals surface area contributed by atoms with E-state index in [1.807, 2.05) is 0 Å². The monoisotopic (exact) mass is 265 g/mol. The normalized spacial score (nSPS) is 10.6. The minimum Gasteiger partial charge on any atom is -0.466 e. The number of ether oxygens (including phenoxy) is 1. The van der Waals surface area contributed by atoms with Crippen molar-refractivity contribution in [2.75, 3.05) is 13.2 Å². The number of furan rings is 1. The van der Waals surface area contributed by atoms with Gasteiger partial charge in [0.1, 0.15) is 0 Å². The number of nitrogens with zero attached hydrogens (tertiary/aromatic N) is 2. The van der Waals surface area contributed by atoms with E-state index in [1.54, 1.807) is 25.3 Å². The summed E-state index contributed by atoms with van der Waals surface area (Å²) in [6, 6.07) is 3.51. The summed E-state index contributed by atoms with van der Waals surface area (Å²) in [5.41, 5.74) is 0. The molecule has 0 bridgehead atoms. The molecule has 0 aliphatic heterocycles. The first-order valence-corrected chi connectivity index (χ1v) is 6.02. The zero-order chi connectivity index (χ0) is 13.5. The second-order valence-electron chi connectivity index (χ2n) is 3.72. The maximum atomic E-state index is 11.1. The predicted molar refractivity (Wildman–Crippen MR) is 65.0 cm³/mol. The van der Waals surface area contributed by atoms with E-state index in [0.717, 1.165) is 0 Å². The highest BCUT2D eigenvalue weighted by Gasteiger charge is 2.10. The van der Waals surface area contributed by atoms with Gasteiger partial charge in [0.05, 0.1) is 25.8 Å². The third-order valence-electron chi connectivity index (χ3n) is 2.30. The average molecular weight is 265 g/mol. The molecule has 0 fully saturated rings. The Hall–Kier alpha value is -2.15. The molecule has 2 aromatic rings. The molecule has 102 valence electrons. The largest absolute Gasteiger partial charge is 0.466 e. The summed E-state index contributed by atoms with van der Waals surface area (Å²) in [7, 11) is 0. The SMILES string of the molecule is CCOC(=O)CCNCc1nc(-c2ccco2)no1. The summed E-state index contributed by atoms with van der Waals surface area (Å²) < 4.78 is 15.0. The summed E-state index contributed by atoms with van der Waals surface area (Å²) in [6.45, 7) is 3.07. The summed E-state index contributed by atoms with van der Waals surface area (Å²) in [6.07, 6.45) is 1.86. The molecule has 1 N–H and O–H groups in total. The Labute approximate surface area is 109 Å². The Morgan fingerprint density at radius 2 is 2.42 bits per heavy atom. The second-order valence-corrected chi connectivity index (χ2v) is 3.72. The lowest BCUT2D eigenvalue weighted by atomic mass is 10.4. The van der Waals surface area contributed by atoms with Gasteiger partial charge in [-0.2, -0.15) is 4.98 Å². The van der Waals surface area contributed by atoms with Crippen molar-refractivity contribution in [3.63, 3.8) is 0 Å². The van der Waals surface area contributed by atoms with E-state index in [4.69, 9.17) is 13.7 Å². The molecule has 2 aromatic heterocycles. The molecule has 7 heteroatoms. The van der Waals surface area contributed by atoms with Crippen LogP contribution in [0.15, 0.2) is 27.3 Å². The molecule has 0 unspecified atom stereocenters. The fourth-order valence-electron chi connectivity index (χ4n) is 1.45. The molecule has 0 amide bonds. The van der Waals surface area contributed by atoms with Crippen molar-refractivity contribution >= 4 is 5.97 Å². The Morgan fingerprint density at radius 1 is 1.53 bits per heavy atom. The maximum Gasteiger partial charge on any atom is 0.307 e. The first-order valence-electron chi connectivity index (χ1n) is 6.02. The average Bonchev–Trinajstić information content (AvgIpc) is 3.05. The van der Waals surface area contributed by atoms with E-state index in [-0.39, 0.29) is 5.97 Å². The van der Waals surface area contributed by atoms with Crippen LogP contribution in [0.2, 0.25) is 0 Å². The molecule has 0 atom stereocenters. The predicted octanol–water partition coefficient (Wildman–Crippen LogP) is 1.37. The number of hydrogen-bond donors (Lipinski definition) is 1. The lowest BCUT2D eigenvalue weighted by Crippen LogP contribution is -2.19. The molecule has 0 aromatic carbocycles.